The molecule has 0 spiro atoms. The summed E-state index contributed by atoms with van der Waals surface area (Å²) in [5.41, 5.74) is 1.96. The third-order valence-corrected chi connectivity index (χ3v) is 5.10. The molecule has 7 heteroatoms. The summed E-state index contributed by atoms with van der Waals surface area (Å²) in [5.74, 6) is 1.70. The second kappa shape index (κ2) is 8.73. The highest BCUT2D eigenvalue weighted by Crippen LogP contribution is 2.27. The Labute approximate surface area is 162 Å². The van der Waals surface area contributed by atoms with Gasteiger partial charge in [-0.3, -0.25) is 9.36 Å². The fourth-order valence-electron chi connectivity index (χ4n) is 2.74. The van der Waals surface area contributed by atoms with E-state index in [2.05, 4.69) is 22.1 Å². The summed E-state index contributed by atoms with van der Waals surface area (Å²) in [5, 5.41) is 12.2. The van der Waals surface area contributed by atoms with Crippen molar-refractivity contribution < 1.29 is 9.21 Å². The van der Waals surface area contributed by atoms with Crippen molar-refractivity contribution in [3.8, 4) is 11.4 Å². The van der Waals surface area contributed by atoms with Crippen molar-refractivity contribution in [2.45, 2.75) is 31.6 Å². The molecule has 0 aliphatic carbocycles. The van der Waals surface area contributed by atoms with Crippen LogP contribution in [-0.2, 0) is 11.3 Å². The molecular formula is C20H22N4O2S. The molecule has 0 saturated carbocycles. The quantitative estimate of drug-likeness (QED) is 0.471. The zero-order valence-electron chi connectivity index (χ0n) is 15.4. The number of hydrogen-bond donors (Lipinski definition) is 1. The normalized spacial score (nSPS) is 11.9. The van der Waals surface area contributed by atoms with E-state index in [1.165, 1.54) is 11.8 Å². The molecule has 27 heavy (non-hydrogen) atoms. The van der Waals surface area contributed by atoms with Crippen molar-refractivity contribution in [1.29, 1.82) is 0 Å². The largest absolute Gasteiger partial charge is 0.469 e. The highest BCUT2D eigenvalue weighted by atomic mass is 32.2. The van der Waals surface area contributed by atoms with Gasteiger partial charge in [0, 0.05) is 6.54 Å². The summed E-state index contributed by atoms with van der Waals surface area (Å²) in [6, 6.07) is 11.7. The number of hydrogen-bond acceptors (Lipinski definition) is 5. The summed E-state index contributed by atoms with van der Waals surface area (Å²) in [6.45, 7) is 8.21. The molecule has 2 aromatic heterocycles. The van der Waals surface area contributed by atoms with Gasteiger partial charge < -0.3 is 9.73 Å². The predicted molar refractivity (Wildman–Crippen MR) is 106 cm³/mol. The number of thioether (sulfide) groups is 1. The third-order valence-electron chi connectivity index (χ3n) is 4.14. The maximum atomic E-state index is 12.3. The Bertz CT molecular complexity index is 917. The Morgan fingerprint density at radius 3 is 2.78 bits per heavy atom. The molecule has 6 nitrogen and oxygen atoms in total. The first-order valence-electron chi connectivity index (χ1n) is 8.65. The van der Waals surface area contributed by atoms with Crippen LogP contribution in [0.2, 0.25) is 0 Å². The summed E-state index contributed by atoms with van der Waals surface area (Å²) in [6.07, 6.45) is 3.41. The minimum Gasteiger partial charge on any atom is -0.469 e. The van der Waals surface area contributed by atoms with Gasteiger partial charge in [0.25, 0.3) is 0 Å². The monoisotopic (exact) mass is 382 g/mol. The number of nitrogens with one attached hydrogen (secondary N) is 1. The molecule has 0 aliphatic heterocycles. The van der Waals surface area contributed by atoms with Crippen LogP contribution in [0.1, 0.15) is 24.3 Å². The molecule has 1 amide bonds. The lowest BCUT2D eigenvalue weighted by atomic mass is 10.1. The Morgan fingerprint density at radius 2 is 2.11 bits per heavy atom. The van der Waals surface area contributed by atoms with Gasteiger partial charge in [-0.05, 0) is 25.5 Å². The third kappa shape index (κ3) is 4.49. The van der Waals surface area contributed by atoms with E-state index in [4.69, 9.17) is 4.42 Å². The molecule has 0 radical (unpaired) electrons. The molecule has 1 N–H and O–H groups in total. The van der Waals surface area contributed by atoms with Crippen molar-refractivity contribution in [3.63, 3.8) is 0 Å². The molecule has 140 valence electrons. The number of carbonyl (C=O) groups excluding carboxylic acids is 1. The molecule has 3 rings (SSSR count). The maximum absolute atomic E-state index is 12.3. The summed E-state index contributed by atoms with van der Waals surface area (Å²) < 4.78 is 7.30. The predicted octanol–water partition coefficient (Wildman–Crippen LogP) is 4.00. The van der Waals surface area contributed by atoms with Crippen LogP contribution in [0.4, 0.5) is 0 Å². The fourth-order valence-corrected chi connectivity index (χ4v) is 3.50. The van der Waals surface area contributed by atoms with Crippen LogP contribution >= 0.6 is 11.8 Å². The van der Waals surface area contributed by atoms with Crippen LogP contribution in [0.5, 0.6) is 0 Å². The molecule has 0 bridgehead atoms. The zero-order valence-corrected chi connectivity index (χ0v) is 16.2. The van der Waals surface area contributed by atoms with E-state index >= 15 is 0 Å². The first-order valence-corrected chi connectivity index (χ1v) is 9.64. The van der Waals surface area contributed by atoms with Crippen LogP contribution in [0.15, 0.2) is 64.9 Å². The van der Waals surface area contributed by atoms with Crippen molar-refractivity contribution >= 4 is 17.7 Å². The van der Waals surface area contributed by atoms with Crippen LogP contribution < -0.4 is 5.32 Å². The van der Waals surface area contributed by atoms with Gasteiger partial charge >= 0.3 is 0 Å². The lowest BCUT2D eigenvalue weighted by Gasteiger charge is -2.14. The van der Waals surface area contributed by atoms with Crippen molar-refractivity contribution in [1.82, 2.24) is 20.1 Å². The van der Waals surface area contributed by atoms with Crippen molar-refractivity contribution in [2.24, 2.45) is 0 Å². The van der Waals surface area contributed by atoms with Crippen molar-refractivity contribution in [2.75, 3.05) is 5.75 Å². The van der Waals surface area contributed by atoms with Gasteiger partial charge in [-0.15, -0.1) is 16.8 Å². The molecule has 1 atom stereocenters. The van der Waals surface area contributed by atoms with Crippen LogP contribution in [-0.4, -0.2) is 26.4 Å². The van der Waals surface area contributed by atoms with E-state index in [0.717, 1.165) is 16.9 Å². The second-order valence-corrected chi connectivity index (χ2v) is 7.03. The van der Waals surface area contributed by atoms with Gasteiger partial charge in [0.15, 0.2) is 11.0 Å². The number of aromatic nitrogens is 3. The average Bonchev–Trinajstić information content (AvgIpc) is 3.27. The molecular weight excluding hydrogens is 360 g/mol. The van der Waals surface area contributed by atoms with Crippen LogP contribution in [0, 0.1) is 6.92 Å². The molecule has 0 fully saturated rings. The summed E-state index contributed by atoms with van der Waals surface area (Å²) >= 11 is 1.36. The van der Waals surface area contributed by atoms with E-state index in [1.54, 1.807) is 12.3 Å². The first-order chi connectivity index (χ1) is 13.1. The number of benzene rings is 1. The molecule has 3 aromatic rings. The highest BCUT2D eigenvalue weighted by Gasteiger charge is 2.18. The minimum atomic E-state index is -0.0504. The smallest absolute Gasteiger partial charge is 0.230 e. The number of aryl methyl sites for hydroxylation is 1. The van der Waals surface area contributed by atoms with E-state index in [1.807, 2.05) is 54.8 Å². The molecule has 0 unspecified atom stereocenters. The Hall–Kier alpha value is -2.80. The maximum Gasteiger partial charge on any atom is 0.230 e. The number of carbonyl (C=O) groups is 1. The van der Waals surface area contributed by atoms with Crippen LogP contribution in [0.25, 0.3) is 11.4 Å². The standard InChI is InChI=1S/C20H22N4O2S/c1-4-11-24-19(17-10-12-26-15(17)3)22-23-20(24)27-13-18(25)21-14(2)16-8-6-5-7-9-16/h4-10,12,14H,1,11,13H2,2-3H3,(H,21,25)/t14-/m0/s1. The molecule has 0 saturated heterocycles. The number of nitrogens with zero attached hydrogens (tertiary/aromatic N) is 3. The number of amides is 1. The van der Waals surface area contributed by atoms with Crippen LogP contribution in [0.3, 0.4) is 0 Å². The highest BCUT2D eigenvalue weighted by molar-refractivity contribution is 7.99. The van der Waals surface area contributed by atoms with Gasteiger partial charge in [0.1, 0.15) is 5.76 Å². The summed E-state index contributed by atoms with van der Waals surface area (Å²) in [4.78, 5) is 12.3. The lowest BCUT2D eigenvalue weighted by Crippen LogP contribution is -2.28. The SMILES string of the molecule is C=CCn1c(SCC(=O)N[C@@H](C)c2ccccc2)nnc1-c1ccoc1C. The lowest BCUT2D eigenvalue weighted by molar-refractivity contribution is -0.119. The van der Waals surface area contributed by atoms with Gasteiger partial charge in [-0.1, -0.05) is 48.2 Å². The summed E-state index contributed by atoms with van der Waals surface area (Å²) in [7, 11) is 0. The minimum absolute atomic E-state index is 0.0468. The van der Waals surface area contributed by atoms with E-state index in [9.17, 15) is 4.79 Å². The molecule has 1 aromatic carbocycles. The molecule has 2 heterocycles. The fraction of sp³-hybridized carbons (Fsp3) is 0.250. The molecule has 0 aliphatic rings. The van der Waals surface area contributed by atoms with Crippen molar-refractivity contribution in [3.05, 3.63) is 66.6 Å². The van der Waals surface area contributed by atoms with E-state index in [0.29, 0.717) is 17.5 Å². The Morgan fingerprint density at radius 1 is 1.33 bits per heavy atom. The van der Waals surface area contributed by atoms with Gasteiger partial charge in [-0.25, -0.2) is 0 Å². The van der Waals surface area contributed by atoms with E-state index in [-0.39, 0.29) is 17.7 Å². The van der Waals surface area contributed by atoms with Gasteiger partial charge in [-0.2, -0.15) is 0 Å². The number of furan rings is 1. The zero-order chi connectivity index (χ0) is 19.2. The topological polar surface area (TPSA) is 73.0 Å². The van der Waals surface area contributed by atoms with Gasteiger partial charge in [0.2, 0.25) is 5.91 Å². The first kappa shape index (κ1) is 19.0. The number of allylic oxidation sites excluding steroid dienone is 1. The second-order valence-electron chi connectivity index (χ2n) is 6.08. The van der Waals surface area contributed by atoms with Gasteiger partial charge in [0.05, 0.1) is 23.6 Å². The Kier molecular flexibility index (Phi) is 6.13. The average molecular weight is 382 g/mol. The number of rotatable bonds is 8. The Balaban J connectivity index is 1.67. The van der Waals surface area contributed by atoms with E-state index < -0.39 is 0 Å².